The number of hydrogen-bond donors (Lipinski definition) is 1. The van der Waals surface area contributed by atoms with Crippen LogP contribution < -0.4 is 5.73 Å². The number of nitrogens with zero attached hydrogens (tertiary/aromatic N) is 2. The molecule has 84 valence electrons. The molecule has 1 heterocycles. The second-order valence-corrected chi connectivity index (χ2v) is 4.85. The van der Waals surface area contributed by atoms with Gasteiger partial charge in [-0.15, -0.1) is 0 Å². The maximum atomic E-state index is 6.15. The van der Waals surface area contributed by atoms with E-state index in [0.29, 0.717) is 5.02 Å². The number of aromatic nitrogens is 2. The van der Waals surface area contributed by atoms with Gasteiger partial charge in [0.05, 0.1) is 23.0 Å². The largest absolute Gasteiger partial charge is 0.319 e. The zero-order chi connectivity index (χ0) is 11.7. The smallest absolute Gasteiger partial charge is 0.0837 e. The second-order valence-electron chi connectivity index (χ2n) is 3.53. The molecule has 3 nitrogen and oxygen atoms in total. The number of hydrogen-bond acceptors (Lipinski definition) is 2. The summed E-state index contributed by atoms with van der Waals surface area (Å²) < 4.78 is 2.73. The van der Waals surface area contributed by atoms with Crippen LogP contribution >= 0.6 is 27.5 Å². The maximum absolute atomic E-state index is 6.15. The quantitative estimate of drug-likeness (QED) is 0.927. The molecule has 0 radical (unpaired) electrons. The van der Waals surface area contributed by atoms with E-state index in [1.165, 1.54) is 0 Å². The lowest BCUT2D eigenvalue weighted by Crippen LogP contribution is -2.16. The third kappa shape index (κ3) is 2.14. The fourth-order valence-corrected chi connectivity index (χ4v) is 2.15. The molecule has 0 aliphatic carbocycles. The van der Waals surface area contributed by atoms with E-state index in [0.717, 1.165) is 15.7 Å². The van der Waals surface area contributed by atoms with Gasteiger partial charge < -0.3 is 5.73 Å². The van der Waals surface area contributed by atoms with Crippen molar-refractivity contribution in [1.29, 1.82) is 0 Å². The van der Waals surface area contributed by atoms with Crippen LogP contribution in [-0.4, -0.2) is 9.78 Å². The fourth-order valence-electron chi connectivity index (χ4n) is 1.60. The van der Waals surface area contributed by atoms with Gasteiger partial charge in [0, 0.05) is 11.5 Å². The van der Waals surface area contributed by atoms with E-state index in [9.17, 15) is 0 Å². The molecule has 2 aromatic rings. The molecule has 0 bridgehead atoms. The van der Waals surface area contributed by atoms with E-state index >= 15 is 0 Å². The summed E-state index contributed by atoms with van der Waals surface area (Å²) in [5, 5.41) is 4.67. The van der Waals surface area contributed by atoms with Crippen molar-refractivity contribution < 1.29 is 0 Å². The van der Waals surface area contributed by atoms with Crippen LogP contribution in [-0.2, 0) is 7.05 Å². The molecule has 1 unspecified atom stereocenters. The zero-order valence-corrected chi connectivity index (χ0v) is 11.0. The Morgan fingerprint density at radius 1 is 1.38 bits per heavy atom. The van der Waals surface area contributed by atoms with Crippen LogP contribution in [0.3, 0.4) is 0 Å². The van der Waals surface area contributed by atoms with Crippen molar-refractivity contribution in [2.45, 2.75) is 6.04 Å². The summed E-state index contributed by atoms with van der Waals surface area (Å²) in [7, 11) is 1.83. The molecule has 0 saturated heterocycles. The van der Waals surface area contributed by atoms with Gasteiger partial charge in [0.2, 0.25) is 0 Å². The zero-order valence-electron chi connectivity index (χ0n) is 8.69. The van der Waals surface area contributed by atoms with Gasteiger partial charge in [-0.2, -0.15) is 5.10 Å². The number of halogens is 2. The van der Waals surface area contributed by atoms with Crippen molar-refractivity contribution >= 4 is 27.5 Å². The molecule has 0 aliphatic heterocycles. The van der Waals surface area contributed by atoms with Crippen LogP contribution in [0.25, 0.3) is 0 Å². The summed E-state index contributed by atoms with van der Waals surface area (Å²) in [4.78, 5) is 0. The average molecular weight is 301 g/mol. The van der Waals surface area contributed by atoms with Gasteiger partial charge in [0.25, 0.3) is 0 Å². The summed E-state index contributed by atoms with van der Waals surface area (Å²) in [6.07, 6.45) is 1.61. The highest BCUT2D eigenvalue weighted by molar-refractivity contribution is 9.10. The maximum Gasteiger partial charge on any atom is 0.0837 e. The Balaban J connectivity index is 2.39. The van der Waals surface area contributed by atoms with Crippen molar-refractivity contribution in [2.75, 3.05) is 0 Å². The number of aryl methyl sites for hydroxylation is 1. The number of benzene rings is 1. The van der Waals surface area contributed by atoms with Gasteiger partial charge in [-0.1, -0.05) is 39.7 Å². The third-order valence-electron chi connectivity index (χ3n) is 2.46. The van der Waals surface area contributed by atoms with Crippen LogP contribution in [0.1, 0.15) is 17.3 Å². The van der Waals surface area contributed by atoms with E-state index in [4.69, 9.17) is 17.3 Å². The van der Waals surface area contributed by atoms with Crippen molar-refractivity contribution in [2.24, 2.45) is 12.8 Å². The van der Waals surface area contributed by atoms with Gasteiger partial charge in [-0.05, 0) is 17.7 Å². The molecule has 0 aliphatic rings. The lowest BCUT2D eigenvalue weighted by molar-refractivity contribution is 0.673. The molecule has 0 amide bonds. The topological polar surface area (TPSA) is 43.8 Å². The first kappa shape index (κ1) is 11.6. The lowest BCUT2D eigenvalue weighted by atomic mass is 10.1. The Kier molecular flexibility index (Phi) is 3.33. The highest BCUT2D eigenvalue weighted by Gasteiger charge is 2.16. The Bertz CT molecular complexity index is 473. The number of nitrogens with two attached hydrogens (primary N) is 1. The second kappa shape index (κ2) is 4.57. The standard InChI is InChI=1S/C11H11BrClN3/c1-16-11(9(13)6-15-16)10(14)7-2-4-8(12)5-3-7/h2-6,10H,14H2,1H3. The van der Waals surface area contributed by atoms with E-state index in [2.05, 4.69) is 21.0 Å². The van der Waals surface area contributed by atoms with Gasteiger partial charge in [0.1, 0.15) is 0 Å². The molecule has 0 saturated carbocycles. The number of rotatable bonds is 2. The van der Waals surface area contributed by atoms with Gasteiger partial charge >= 0.3 is 0 Å². The molecule has 1 aromatic carbocycles. The molecule has 2 N–H and O–H groups in total. The van der Waals surface area contributed by atoms with Gasteiger partial charge in [-0.25, -0.2) is 0 Å². The molecule has 5 heteroatoms. The Hall–Kier alpha value is -0.840. The first-order chi connectivity index (χ1) is 7.59. The van der Waals surface area contributed by atoms with Crippen LogP contribution in [0, 0.1) is 0 Å². The third-order valence-corrected chi connectivity index (χ3v) is 3.28. The SMILES string of the molecule is Cn1ncc(Cl)c1C(N)c1ccc(Br)cc1. The molecule has 1 atom stereocenters. The molecule has 0 fully saturated rings. The molecule has 16 heavy (non-hydrogen) atoms. The van der Waals surface area contributed by atoms with Crippen molar-refractivity contribution in [1.82, 2.24) is 9.78 Å². The van der Waals surface area contributed by atoms with E-state index < -0.39 is 0 Å². The molecular formula is C11H11BrClN3. The Labute approximate surface area is 107 Å². The van der Waals surface area contributed by atoms with Crippen molar-refractivity contribution in [3.8, 4) is 0 Å². The van der Waals surface area contributed by atoms with Crippen LogP contribution in [0.5, 0.6) is 0 Å². The van der Waals surface area contributed by atoms with Crippen LogP contribution in [0.4, 0.5) is 0 Å². The van der Waals surface area contributed by atoms with Gasteiger partial charge in [-0.3, -0.25) is 4.68 Å². The minimum atomic E-state index is -0.256. The monoisotopic (exact) mass is 299 g/mol. The van der Waals surface area contributed by atoms with Crippen LogP contribution in [0.15, 0.2) is 34.9 Å². The minimum absolute atomic E-state index is 0.256. The molecular weight excluding hydrogens is 289 g/mol. The summed E-state index contributed by atoms with van der Waals surface area (Å²) in [5.74, 6) is 0. The lowest BCUT2D eigenvalue weighted by Gasteiger charge is -2.13. The van der Waals surface area contributed by atoms with Crippen molar-refractivity contribution in [3.05, 3.63) is 51.2 Å². The highest BCUT2D eigenvalue weighted by atomic mass is 79.9. The average Bonchev–Trinajstić information content (AvgIpc) is 2.59. The van der Waals surface area contributed by atoms with E-state index in [-0.39, 0.29) is 6.04 Å². The predicted octanol–water partition coefficient (Wildman–Crippen LogP) is 2.88. The summed E-state index contributed by atoms with van der Waals surface area (Å²) >= 11 is 9.44. The van der Waals surface area contributed by atoms with Gasteiger partial charge in [0.15, 0.2) is 0 Å². The normalized spacial score (nSPS) is 12.8. The Morgan fingerprint density at radius 2 is 2.00 bits per heavy atom. The summed E-state index contributed by atoms with van der Waals surface area (Å²) in [6, 6.07) is 7.60. The fraction of sp³-hybridized carbons (Fsp3) is 0.182. The van der Waals surface area contributed by atoms with E-state index in [1.807, 2.05) is 31.3 Å². The predicted molar refractivity (Wildman–Crippen MR) is 68.4 cm³/mol. The molecule has 2 rings (SSSR count). The van der Waals surface area contributed by atoms with Crippen LogP contribution in [0.2, 0.25) is 5.02 Å². The van der Waals surface area contributed by atoms with Crippen molar-refractivity contribution in [3.63, 3.8) is 0 Å². The van der Waals surface area contributed by atoms with E-state index in [1.54, 1.807) is 10.9 Å². The first-order valence-corrected chi connectivity index (χ1v) is 5.95. The Morgan fingerprint density at radius 3 is 2.50 bits per heavy atom. The molecule has 0 spiro atoms. The summed E-state index contributed by atoms with van der Waals surface area (Å²) in [6.45, 7) is 0. The first-order valence-electron chi connectivity index (χ1n) is 4.78. The molecule has 1 aromatic heterocycles. The highest BCUT2D eigenvalue weighted by Crippen LogP contribution is 2.26. The minimum Gasteiger partial charge on any atom is -0.319 e. The summed E-state index contributed by atoms with van der Waals surface area (Å²) in [5.41, 5.74) is 7.98.